The molecule has 0 unspecified atom stereocenters. The molecule has 1 heterocycles. The summed E-state index contributed by atoms with van der Waals surface area (Å²) in [6.45, 7) is 1.50. The van der Waals surface area contributed by atoms with Gasteiger partial charge >= 0.3 is 0 Å². The molecule has 0 aliphatic heterocycles. The van der Waals surface area contributed by atoms with Crippen LogP contribution in [0.2, 0.25) is 0 Å². The quantitative estimate of drug-likeness (QED) is 0.728. The first-order valence-corrected chi connectivity index (χ1v) is 7.70. The Kier molecular flexibility index (Phi) is 4.48. The number of ether oxygens (including phenoxy) is 1. The summed E-state index contributed by atoms with van der Waals surface area (Å²) >= 11 is 0. The zero-order chi connectivity index (χ0) is 17.1. The number of amides is 1. The summed E-state index contributed by atoms with van der Waals surface area (Å²) in [5, 5.41) is 8.20. The summed E-state index contributed by atoms with van der Waals surface area (Å²) in [6.07, 6.45) is 0. The third-order valence-corrected chi connectivity index (χ3v) is 3.78. The van der Waals surface area contributed by atoms with E-state index in [-0.39, 0.29) is 0 Å². The van der Waals surface area contributed by atoms with Gasteiger partial charge in [0.1, 0.15) is 12.4 Å². The van der Waals surface area contributed by atoms with Gasteiger partial charge < -0.3 is 15.4 Å². The highest BCUT2D eigenvalue weighted by Gasteiger charge is 2.11. The van der Waals surface area contributed by atoms with E-state index in [1.165, 1.54) is 0 Å². The standard InChI is InChI=1S/C18H20N4O2/c1-22(2)9-10-24-14-6-3-12(4-7-14)17-15-11-13(18(19)23)5-8-16(15)20-21-17/h3-8,11H,9-10H2,1-2H3,(H2,19,23)(H,20,21). The fraction of sp³-hybridized carbons (Fsp3) is 0.222. The summed E-state index contributed by atoms with van der Waals surface area (Å²) in [5.74, 6) is 0.368. The van der Waals surface area contributed by atoms with E-state index in [0.717, 1.165) is 34.5 Å². The monoisotopic (exact) mass is 324 g/mol. The molecule has 0 bridgehead atoms. The predicted octanol–water partition coefficient (Wildman–Crippen LogP) is 2.27. The summed E-state index contributed by atoms with van der Waals surface area (Å²) in [6, 6.07) is 13.0. The Bertz CT molecular complexity index is 853. The molecule has 3 N–H and O–H groups in total. The second kappa shape index (κ2) is 6.72. The zero-order valence-electron chi connectivity index (χ0n) is 13.7. The number of likely N-dealkylation sites (N-methyl/N-ethyl adjacent to an activating group) is 1. The van der Waals surface area contributed by atoms with Crippen LogP contribution in [0.25, 0.3) is 22.2 Å². The molecule has 0 saturated carbocycles. The number of hydrogen-bond donors (Lipinski definition) is 2. The number of aromatic nitrogens is 2. The topological polar surface area (TPSA) is 84.2 Å². The number of fused-ring (bicyclic) bond motifs is 1. The highest BCUT2D eigenvalue weighted by molar-refractivity contribution is 6.00. The number of carbonyl (C=O) groups excluding carboxylic acids is 1. The lowest BCUT2D eigenvalue weighted by atomic mass is 10.1. The van der Waals surface area contributed by atoms with E-state index < -0.39 is 5.91 Å². The number of benzene rings is 2. The Balaban J connectivity index is 1.85. The number of nitrogens with one attached hydrogen (secondary N) is 1. The van der Waals surface area contributed by atoms with Crippen molar-refractivity contribution < 1.29 is 9.53 Å². The summed E-state index contributed by atoms with van der Waals surface area (Å²) < 4.78 is 5.70. The third-order valence-electron chi connectivity index (χ3n) is 3.78. The minimum absolute atomic E-state index is 0.450. The molecule has 0 aliphatic carbocycles. The van der Waals surface area contributed by atoms with Crippen molar-refractivity contribution in [3.05, 3.63) is 48.0 Å². The average molecular weight is 324 g/mol. The predicted molar refractivity (Wildman–Crippen MR) is 94.1 cm³/mol. The van der Waals surface area contributed by atoms with Gasteiger partial charge in [0.15, 0.2) is 0 Å². The second-order valence-corrected chi connectivity index (χ2v) is 5.87. The minimum atomic E-state index is -0.450. The lowest BCUT2D eigenvalue weighted by Gasteiger charge is -2.11. The molecule has 1 aromatic heterocycles. The number of nitrogens with zero attached hydrogens (tertiary/aromatic N) is 2. The van der Waals surface area contributed by atoms with Crippen LogP contribution in [0.4, 0.5) is 0 Å². The smallest absolute Gasteiger partial charge is 0.248 e. The van der Waals surface area contributed by atoms with E-state index >= 15 is 0 Å². The Hall–Kier alpha value is -2.86. The van der Waals surface area contributed by atoms with Crippen molar-refractivity contribution in [1.29, 1.82) is 0 Å². The molecular formula is C18H20N4O2. The van der Waals surface area contributed by atoms with Crippen molar-refractivity contribution in [3.63, 3.8) is 0 Å². The minimum Gasteiger partial charge on any atom is -0.492 e. The fourth-order valence-electron chi connectivity index (χ4n) is 2.44. The van der Waals surface area contributed by atoms with Gasteiger partial charge in [-0.15, -0.1) is 0 Å². The molecule has 3 aromatic rings. The first-order valence-electron chi connectivity index (χ1n) is 7.70. The van der Waals surface area contributed by atoms with Crippen molar-refractivity contribution in [2.45, 2.75) is 0 Å². The number of nitrogens with two attached hydrogens (primary N) is 1. The van der Waals surface area contributed by atoms with Crippen LogP contribution in [0, 0.1) is 0 Å². The van der Waals surface area contributed by atoms with Gasteiger partial charge in [0.05, 0.1) is 11.2 Å². The number of carbonyl (C=O) groups is 1. The van der Waals surface area contributed by atoms with Gasteiger partial charge in [0, 0.05) is 23.1 Å². The molecule has 0 spiro atoms. The molecule has 2 aromatic carbocycles. The van der Waals surface area contributed by atoms with Crippen molar-refractivity contribution >= 4 is 16.8 Å². The van der Waals surface area contributed by atoms with Gasteiger partial charge in [-0.2, -0.15) is 5.10 Å². The number of aromatic amines is 1. The van der Waals surface area contributed by atoms with Crippen LogP contribution < -0.4 is 10.5 Å². The van der Waals surface area contributed by atoms with Crippen LogP contribution in [0.5, 0.6) is 5.75 Å². The molecule has 0 saturated heterocycles. The van der Waals surface area contributed by atoms with E-state index in [9.17, 15) is 4.79 Å². The van der Waals surface area contributed by atoms with Gasteiger partial charge in [-0.25, -0.2) is 0 Å². The van der Waals surface area contributed by atoms with Crippen LogP contribution in [0.15, 0.2) is 42.5 Å². The average Bonchev–Trinajstić information content (AvgIpc) is 2.98. The molecule has 6 heteroatoms. The molecule has 0 radical (unpaired) electrons. The van der Waals surface area contributed by atoms with Crippen LogP contribution in [0.1, 0.15) is 10.4 Å². The largest absolute Gasteiger partial charge is 0.492 e. The van der Waals surface area contributed by atoms with Crippen molar-refractivity contribution in [2.24, 2.45) is 5.73 Å². The van der Waals surface area contributed by atoms with E-state index in [4.69, 9.17) is 10.5 Å². The van der Waals surface area contributed by atoms with E-state index in [1.54, 1.807) is 12.1 Å². The molecular weight excluding hydrogens is 304 g/mol. The molecule has 0 aliphatic rings. The number of primary amides is 1. The van der Waals surface area contributed by atoms with Gasteiger partial charge in [0.25, 0.3) is 0 Å². The maximum Gasteiger partial charge on any atom is 0.248 e. The molecule has 124 valence electrons. The maximum absolute atomic E-state index is 11.4. The first kappa shape index (κ1) is 16.0. The normalized spacial score (nSPS) is 11.1. The van der Waals surface area contributed by atoms with E-state index in [0.29, 0.717) is 12.2 Å². The Labute approximate surface area is 140 Å². The third kappa shape index (κ3) is 3.38. The summed E-state index contributed by atoms with van der Waals surface area (Å²) in [5.41, 5.74) is 8.42. The van der Waals surface area contributed by atoms with Crippen LogP contribution in [-0.2, 0) is 0 Å². The van der Waals surface area contributed by atoms with Gasteiger partial charge in [-0.3, -0.25) is 9.89 Å². The second-order valence-electron chi connectivity index (χ2n) is 5.87. The molecule has 24 heavy (non-hydrogen) atoms. The lowest BCUT2D eigenvalue weighted by molar-refractivity contribution is 0.100. The summed E-state index contributed by atoms with van der Waals surface area (Å²) in [4.78, 5) is 13.4. The number of hydrogen-bond acceptors (Lipinski definition) is 4. The van der Waals surface area contributed by atoms with Crippen LogP contribution in [0.3, 0.4) is 0 Å². The van der Waals surface area contributed by atoms with Crippen molar-refractivity contribution in [2.75, 3.05) is 27.2 Å². The van der Waals surface area contributed by atoms with E-state index in [2.05, 4.69) is 15.1 Å². The zero-order valence-corrected chi connectivity index (χ0v) is 13.7. The SMILES string of the molecule is CN(C)CCOc1ccc(-c2n[nH]c3ccc(C(N)=O)cc23)cc1. The highest BCUT2D eigenvalue weighted by atomic mass is 16.5. The molecule has 3 rings (SSSR count). The summed E-state index contributed by atoms with van der Waals surface area (Å²) in [7, 11) is 4.02. The van der Waals surface area contributed by atoms with Crippen LogP contribution >= 0.6 is 0 Å². The maximum atomic E-state index is 11.4. The number of H-pyrrole nitrogens is 1. The van der Waals surface area contributed by atoms with Gasteiger partial charge in [-0.05, 0) is 56.6 Å². The van der Waals surface area contributed by atoms with Gasteiger partial charge in [0.2, 0.25) is 5.91 Å². The van der Waals surface area contributed by atoms with Gasteiger partial charge in [-0.1, -0.05) is 0 Å². The van der Waals surface area contributed by atoms with Crippen molar-refractivity contribution in [3.8, 4) is 17.0 Å². The molecule has 0 fully saturated rings. The van der Waals surface area contributed by atoms with Crippen LogP contribution in [-0.4, -0.2) is 48.3 Å². The van der Waals surface area contributed by atoms with Crippen molar-refractivity contribution in [1.82, 2.24) is 15.1 Å². The molecule has 6 nitrogen and oxygen atoms in total. The Morgan fingerprint density at radius 1 is 1.21 bits per heavy atom. The number of rotatable bonds is 6. The lowest BCUT2D eigenvalue weighted by Crippen LogP contribution is -2.19. The Morgan fingerprint density at radius 2 is 1.96 bits per heavy atom. The fourth-order valence-corrected chi connectivity index (χ4v) is 2.44. The Morgan fingerprint density at radius 3 is 2.62 bits per heavy atom. The highest BCUT2D eigenvalue weighted by Crippen LogP contribution is 2.28. The first-order chi connectivity index (χ1) is 11.5. The molecule has 1 amide bonds. The molecule has 0 atom stereocenters. The van der Waals surface area contributed by atoms with E-state index in [1.807, 2.05) is 44.4 Å².